The third-order valence-electron chi connectivity index (χ3n) is 2.67. The van der Waals surface area contributed by atoms with Crippen LogP contribution in [0.15, 0.2) is 23.6 Å². The lowest BCUT2D eigenvalue weighted by molar-refractivity contribution is 0.548. The fourth-order valence-corrected chi connectivity index (χ4v) is 2.78. The molecule has 0 unspecified atom stereocenters. The molecule has 0 bridgehead atoms. The first kappa shape index (κ1) is 13.9. The van der Waals surface area contributed by atoms with Crippen molar-refractivity contribution in [3.05, 3.63) is 18.5 Å². The van der Waals surface area contributed by atoms with Crippen LogP contribution < -0.4 is 4.90 Å². The molecular formula is C12H20N6S. The highest BCUT2D eigenvalue weighted by molar-refractivity contribution is 7.99. The maximum absolute atomic E-state index is 4.28. The van der Waals surface area contributed by atoms with Crippen LogP contribution in [0.1, 0.15) is 19.9 Å². The highest BCUT2D eigenvalue weighted by atomic mass is 32.2. The van der Waals surface area contributed by atoms with E-state index in [9.17, 15) is 0 Å². The zero-order chi connectivity index (χ0) is 13.8. The number of thioether (sulfide) groups is 1. The maximum atomic E-state index is 4.28. The summed E-state index contributed by atoms with van der Waals surface area (Å²) in [7, 11) is 3.97. The Morgan fingerprint density at radius 1 is 1.32 bits per heavy atom. The zero-order valence-electron chi connectivity index (χ0n) is 11.8. The van der Waals surface area contributed by atoms with E-state index < -0.39 is 0 Å². The molecule has 6 nitrogen and oxygen atoms in total. The molecule has 0 amide bonds. The predicted molar refractivity (Wildman–Crippen MR) is 77.7 cm³/mol. The summed E-state index contributed by atoms with van der Waals surface area (Å²) >= 11 is 1.71. The molecule has 0 spiro atoms. The average Bonchev–Trinajstić information content (AvgIpc) is 2.97. The zero-order valence-corrected chi connectivity index (χ0v) is 12.6. The molecule has 0 N–H and O–H groups in total. The third kappa shape index (κ3) is 3.28. The van der Waals surface area contributed by atoms with E-state index in [4.69, 9.17) is 0 Å². The Kier molecular flexibility index (Phi) is 4.47. The predicted octanol–water partition coefficient (Wildman–Crippen LogP) is 1.91. The van der Waals surface area contributed by atoms with Crippen molar-refractivity contribution >= 4 is 17.7 Å². The maximum Gasteiger partial charge on any atom is 0.227 e. The van der Waals surface area contributed by atoms with Gasteiger partial charge in [0.05, 0.1) is 6.54 Å². The standard InChI is InChI=1S/C12H20N6S/c1-10(2)18-11(16(3)4)14-15-12(18)19-9-8-17-7-5-6-13-17/h5-7,10H,8-9H2,1-4H3. The van der Waals surface area contributed by atoms with Gasteiger partial charge in [-0.25, -0.2) is 0 Å². The molecule has 2 heterocycles. The van der Waals surface area contributed by atoms with Gasteiger partial charge < -0.3 is 4.90 Å². The van der Waals surface area contributed by atoms with Gasteiger partial charge in [0.1, 0.15) is 0 Å². The largest absolute Gasteiger partial charge is 0.347 e. The van der Waals surface area contributed by atoms with Gasteiger partial charge in [0.25, 0.3) is 0 Å². The molecular weight excluding hydrogens is 260 g/mol. The van der Waals surface area contributed by atoms with E-state index in [0.29, 0.717) is 6.04 Å². The van der Waals surface area contributed by atoms with Crippen molar-refractivity contribution < 1.29 is 0 Å². The Morgan fingerprint density at radius 2 is 2.11 bits per heavy atom. The molecule has 0 radical (unpaired) electrons. The van der Waals surface area contributed by atoms with Crippen molar-refractivity contribution in [1.29, 1.82) is 0 Å². The van der Waals surface area contributed by atoms with Gasteiger partial charge >= 0.3 is 0 Å². The molecule has 0 aliphatic heterocycles. The number of aromatic nitrogens is 5. The summed E-state index contributed by atoms with van der Waals surface area (Å²) in [6.45, 7) is 5.17. The first-order chi connectivity index (χ1) is 9.09. The normalized spacial score (nSPS) is 11.2. The Labute approximate surface area is 117 Å². The van der Waals surface area contributed by atoms with Crippen LogP contribution in [0.25, 0.3) is 0 Å². The van der Waals surface area contributed by atoms with Crippen LogP contribution in [0.3, 0.4) is 0 Å². The van der Waals surface area contributed by atoms with Gasteiger partial charge in [0.15, 0.2) is 5.16 Å². The van der Waals surface area contributed by atoms with Gasteiger partial charge in [-0.1, -0.05) is 11.8 Å². The molecule has 2 aromatic rings. The first-order valence-corrected chi connectivity index (χ1v) is 7.30. The van der Waals surface area contributed by atoms with Gasteiger partial charge in [-0.2, -0.15) is 5.10 Å². The number of hydrogen-bond donors (Lipinski definition) is 0. The first-order valence-electron chi connectivity index (χ1n) is 6.32. The van der Waals surface area contributed by atoms with Crippen LogP contribution in [-0.2, 0) is 6.54 Å². The van der Waals surface area contributed by atoms with Crippen LogP contribution in [0.2, 0.25) is 0 Å². The number of rotatable bonds is 6. The highest BCUT2D eigenvalue weighted by Crippen LogP contribution is 2.25. The van der Waals surface area contributed by atoms with Crippen LogP contribution in [0.4, 0.5) is 5.95 Å². The van der Waals surface area contributed by atoms with Crippen molar-refractivity contribution in [2.45, 2.75) is 31.6 Å². The Bertz CT molecular complexity index is 502. The second-order valence-electron chi connectivity index (χ2n) is 4.76. The lowest BCUT2D eigenvalue weighted by atomic mass is 10.4. The number of anilines is 1. The topological polar surface area (TPSA) is 51.8 Å². The monoisotopic (exact) mass is 280 g/mol. The van der Waals surface area contributed by atoms with Gasteiger partial charge in [-0.05, 0) is 19.9 Å². The molecule has 0 aromatic carbocycles. The molecule has 0 aliphatic rings. The van der Waals surface area contributed by atoms with Gasteiger partial charge in [-0.3, -0.25) is 9.25 Å². The van der Waals surface area contributed by atoms with E-state index in [1.54, 1.807) is 18.0 Å². The summed E-state index contributed by atoms with van der Waals surface area (Å²) in [6, 6.07) is 2.28. The van der Waals surface area contributed by atoms with Crippen molar-refractivity contribution in [3.8, 4) is 0 Å². The van der Waals surface area contributed by atoms with E-state index in [1.807, 2.05) is 35.9 Å². The second-order valence-corrected chi connectivity index (χ2v) is 5.82. The van der Waals surface area contributed by atoms with Crippen molar-refractivity contribution in [2.24, 2.45) is 0 Å². The minimum absolute atomic E-state index is 0.347. The second kappa shape index (κ2) is 6.10. The Balaban J connectivity index is 2.03. The molecule has 0 fully saturated rings. The molecule has 2 rings (SSSR count). The smallest absolute Gasteiger partial charge is 0.227 e. The van der Waals surface area contributed by atoms with Gasteiger partial charge in [0, 0.05) is 38.3 Å². The quantitative estimate of drug-likeness (QED) is 0.757. The number of aryl methyl sites for hydroxylation is 1. The summed E-state index contributed by atoms with van der Waals surface area (Å²) in [5.74, 6) is 1.83. The van der Waals surface area contributed by atoms with Crippen LogP contribution in [0, 0.1) is 0 Å². The molecule has 0 saturated heterocycles. The lowest BCUT2D eigenvalue weighted by Crippen LogP contribution is -2.17. The van der Waals surface area contributed by atoms with Crippen molar-refractivity contribution in [3.63, 3.8) is 0 Å². The molecule has 19 heavy (non-hydrogen) atoms. The summed E-state index contributed by atoms with van der Waals surface area (Å²) in [5.41, 5.74) is 0. The summed E-state index contributed by atoms with van der Waals surface area (Å²) < 4.78 is 4.09. The Hall–Kier alpha value is -1.50. The van der Waals surface area contributed by atoms with Crippen LogP contribution >= 0.6 is 11.8 Å². The van der Waals surface area contributed by atoms with E-state index in [1.165, 1.54) is 0 Å². The summed E-state index contributed by atoms with van der Waals surface area (Å²) in [5, 5.41) is 13.7. The average molecular weight is 280 g/mol. The number of nitrogens with zero attached hydrogens (tertiary/aromatic N) is 6. The van der Waals surface area contributed by atoms with Crippen LogP contribution in [0.5, 0.6) is 0 Å². The van der Waals surface area contributed by atoms with E-state index >= 15 is 0 Å². The summed E-state index contributed by atoms with van der Waals surface area (Å²) in [4.78, 5) is 1.99. The molecule has 104 valence electrons. The number of hydrogen-bond acceptors (Lipinski definition) is 5. The SMILES string of the molecule is CC(C)n1c(SCCn2cccn2)nnc1N(C)C. The minimum Gasteiger partial charge on any atom is -0.347 e. The lowest BCUT2D eigenvalue weighted by Gasteiger charge is -2.17. The molecule has 0 aliphatic carbocycles. The minimum atomic E-state index is 0.347. The van der Waals surface area contributed by atoms with E-state index in [0.717, 1.165) is 23.4 Å². The summed E-state index contributed by atoms with van der Waals surface area (Å²) in [6.07, 6.45) is 3.77. The van der Waals surface area contributed by atoms with Crippen molar-refractivity contribution in [2.75, 3.05) is 24.7 Å². The highest BCUT2D eigenvalue weighted by Gasteiger charge is 2.16. The fourth-order valence-electron chi connectivity index (χ4n) is 1.79. The van der Waals surface area contributed by atoms with E-state index in [-0.39, 0.29) is 0 Å². The van der Waals surface area contributed by atoms with E-state index in [2.05, 4.69) is 33.7 Å². The fraction of sp³-hybridized carbons (Fsp3) is 0.583. The molecule has 2 aromatic heterocycles. The Morgan fingerprint density at radius 3 is 2.68 bits per heavy atom. The molecule has 0 atom stereocenters. The van der Waals surface area contributed by atoms with Gasteiger partial charge in [0.2, 0.25) is 5.95 Å². The third-order valence-corrected chi connectivity index (χ3v) is 3.60. The molecule has 0 saturated carbocycles. The van der Waals surface area contributed by atoms with Crippen LogP contribution in [-0.4, -0.2) is 44.4 Å². The van der Waals surface area contributed by atoms with Gasteiger partial charge in [-0.15, -0.1) is 10.2 Å². The molecule has 7 heteroatoms. The van der Waals surface area contributed by atoms with Crippen molar-refractivity contribution in [1.82, 2.24) is 24.5 Å².